The highest BCUT2D eigenvalue weighted by atomic mass is 35.5. The van der Waals surface area contributed by atoms with Gasteiger partial charge >= 0.3 is 0 Å². The molecule has 2 fully saturated rings. The maximum atomic E-state index is 12.2. The highest BCUT2D eigenvalue weighted by Gasteiger charge is 2.24. The average molecular weight is 318 g/mol. The summed E-state index contributed by atoms with van der Waals surface area (Å²) in [4.78, 5) is 16.8. The molecule has 2 saturated heterocycles. The molecule has 2 aliphatic rings. The largest absolute Gasteiger partial charge is 0.340 e. The summed E-state index contributed by atoms with van der Waals surface area (Å²) in [6.07, 6.45) is 5.96. The van der Waals surface area contributed by atoms with E-state index in [1.54, 1.807) is 0 Å². The van der Waals surface area contributed by atoms with Crippen LogP contribution in [0.2, 0.25) is 0 Å². The van der Waals surface area contributed by atoms with Gasteiger partial charge in [-0.15, -0.1) is 12.4 Å². The van der Waals surface area contributed by atoms with Gasteiger partial charge in [0.1, 0.15) is 0 Å². The molecular formula is C16H32ClN3O. The number of halogens is 1. The van der Waals surface area contributed by atoms with E-state index >= 15 is 0 Å². The van der Waals surface area contributed by atoms with Crippen LogP contribution in [0.3, 0.4) is 0 Å². The second-order valence-electron chi connectivity index (χ2n) is 6.70. The van der Waals surface area contributed by atoms with E-state index in [0.717, 1.165) is 38.6 Å². The summed E-state index contributed by atoms with van der Waals surface area (Å²) in [6, 6.07) is 0.708. The lowest BCUT2D eigenvalue weighted by molar-refractivity contribution is -0.132. The van der Waals surface area contributed by atoms with Crippen LogP contribution >= 0.6 is 12.4 Å². The predicted molar refractivity (Wildman–Crippen MR) is 90.0 cm³/mol. The lowest BCUT2D eigenvalue weighted by Crippen LogP contribution is -2.48. The molecule has 0 aromatic rings. The highest BCUT2D eigenvalue weighted by molar-refractivity contribution is 5.85. The van der Waals surface area contributed by atoms with Crippen molar-refractivity contribution in [3.8, 4) is 0 Å². The van der Waals surface area contributed by atoms with Crippen LogP contribution in [0.5, 0.6) is 0 Å². The van der Waals surface area contributed by atoms with E-state index in [1.807, 2.05) is 4.90 Å². The number of hydrogen-bond donors (Lipinski definition) is 1. The summed E-state index contributed by atoms with van der Waals surface area (Å²) in [7, 11) is 0. The number of nitrogens with one attached hydrogen (secondary N) is 1. The smallest absolute Gasteiger partial charge is 0.223 e. The molecule has 0 aromatic carbocycles. The molecule has 1 unspecified atom stereocenters. The zero-order valence-corrected chi connectivity index (χ0v) is 14.5. The summed E-state index contributed by atoms with van der Waals surface area (Å²) in [5.41, 5.74) is 0. The Morgan fingerprint density at radius 2 is 1.90 bits per heavy atom. The Hall–Kier alpha value is -0.320. The molecule has 4 nitrogen and oxygen atoms in total. The van der Waals surface area contributed by atoms with Crippen LogP contribution in [0, 0.1) is 5.92 Å². The van der Waals surface area contributed by atoms with Crippen LogP contribution in [-0.4, -0.2) is 61.0 Å². The Morgan fingerprint density at radius 3 is 2.57 bits per heavy atom. The first-order valence-corrected chi connectivity index (χ1v) is 8.39. The van der Waals surface area contributed by atoms with Gasteiger partial charge in [-0.1, -0.05) is 20.3 Å². The second kappa shape index (κ2) is 9.65. The molecule has 0 bridgehead atoms. The van der Waals surface area contributed by atoms with Crippen molar-refractivity contribution in [1.82, 2.24) is 15.1 Å². The first-order valence-electron chi connectivity index (χ1n) is 8.39. The lowest BCUT2D eigenvalue weighted by Gasteiger charge is -2.37. The number of carbonyl (C=O) groups is 1. The topological polar surface area (TPSA) is 35.6 Å². The van der Waals surface area contributed by atoms with Gasteiger partial charge in [-0.2, -0.15) is 0 Å². The van der Waals surface area contributed by atoms with Crippen LogP contribution < -0.4 is 5.32 Å². The number of carbonyl (C=O) groups excluding carboxylic acids is 1. The third-order valence-corrected chi connectivity index (χ3v) is 4.58. The Balaban J connectivity index is 0.00000220. The second-order valence-corrected chi connectivity index (χ2v) is 6.70. The normalized spacial score (nSPS) is 24.0. The minimum Gasteiger partial charge on any atom is -0.340 e. The SMILES string of the molecule is CC(C)CC1CCCCN1CCC(=O)N1CCNCC1.Cl. The minimum absolute atomic E-state index is 0. The fourth-order valence-corrected chi connectivity index (χ4v) is 3.48. The van der Waals surface area contributed by atoms with E-state index < -0.39 is 0 Å². The Kier molecular flexibility index (Phi) is 8.60. The molecule has 0 spiro atoms. The molecule has 0 radical (unpaired) electrons. The van der Waals surface area contributed by atoms with E-state index in [0.29, 0.717) is 18.4 Å². The fourth-order valence-electron chi connectivity index (χ4n) is 3.48. The number of piperidine rings is 1. The molecule has 1 N–H and O–H groups in total. The van der Waals surface area contributed by atoms with Gasteiger partial charge in [0.15, 0.2) is 0 Å². The van der Waals surface area contributed by atoms with E-state index in [-0.39, 0.29) is 12.4 Å². The van der Waals surface area contributed by atoms with Crippen molar-refractivity contribution in [2.75, 3.05) is 39.3 Å². The number of nitrogens with zero attached hydrogens (tertiary/aromatic N) is 2. The number of amides is 1. The average Bonchev–Trinajstić information content (AvgIpc) is 2.46. The maximum absolute atomic E-state index is 12.2. The summed E-state index contributed by atoms with van der Waals surface area (Å²) in [6.45, 7) is 10.4. The molecule has 0 aliphatic carbocycles. The number of likely N-dealkylation sites (tertiary alicyclic amines) is 1. The predicted octanol–water partition coefficient (Wildman–Crippen LogP) is 2.13. The molecule has 0 aromatic heterocycles. The van der Waals surface area contributed by atoms with Gasteiger partial charge in [-0.25, -0.2) is 0 Å². The van der Waals surface area contributed by atoms with Gasteiger partial charge in [0.05, 0.1) is 0 Å². The molecular weight excluding hydrogens is 286 g/mol. The first-order chi connectivity index (χ1) is 9.66. The van der Waals surface area contributed by atoms with Crippen LogP contribution in [0.25, 0.3) is 0 Å². The Labute approximate surface area is 136 Å². The molecule has 2 heterocycles. The molecule has 1 amide bonds. The van der Waals surface area contributed by atoms with Crippen molar-refractivity contribution in [1.29, 1.82) is 0 Å². The quantitative estimate of drug-likeness (QED) is 0.844. The van der Waals surface area contributed by atoms with Gasteiger partial charge in [-0.05, 0) is 31.7 Å². The van der Waals surface area contributed by atoms with Gasteiger partial charge in [0.25, 0.3) is 0 Å². The van der Waals surface area contributed by atoms with Crippen LogP contribution in [0.15, 0.2) is 0 Å². The van der Waals surface area contributed by atoms with Crippen LogP contribution in [-0.2, 0) is 4.79 Å². The molecule has 124 valence electrons. The third-order valence-electron chi connectivity index (χ3n) is 4.58. The summed E-state index contributed by atoms with van der Waals surface area (Å²) < 4.78 is 0. The summed E-state index contributed by atoms with van der Waals surface area (Å²) >= 11 is 0. The van der Waals surface area contributed by atoms with Gasteiger partial charge in [-0.3, -0.25) is 9.69 Å². The monoisotopic (exact) mass is 317 g/mol. The van der Waals surface area contributed by atoms with Crippen molar-refractivity contribution in [2.24, 2.45) is 5.92 Å². The van der Waals surface area contributed by atoms with Crippen LogP contribution in [0.1, 0.15) is 46.0 Å². The fraction of sp³-hybridized carbons (Fsp3) is 0.938. The zero-order valence-electron chi connectivity index (χ0n) is 13.6. The first kappa shape index (κ1) is 18.7. The molecule has 0 saturated carbocycles. The number of rotatable bonds is 5. The number of hydrogen-bond acceptors (Lipinski definition) is 3. The van der Waals surface area contributed by atoms with E-state index in [9.17, 15) is 4.79 Å². The van der Waals surface area contributed by atoms with Crippen LogP contribution in [0.4, 0.5) is 0 Å². The molecule has 2 aliphatic heterocycles. The van der Waals surface area contributed by atoms with E-state index in [4.69, 9.17) is 0 Å². The zero-order chi connectivity index (χ0) is 14.4. The van der Waals surface area contributed by atoms with Gasteiger partial charge < -0.3 is 10.2 Å². The highest BCUT2D eigenvalue weighted by Crippen LogP contribution is 2.23. The van der Waals surface area contributed by atoms with Crippen molar-refractivity contribution >= 4 is 18.3 Å². The third kappa shape index (κ3) is 6.13. The van der Waals surface area contributed by atoms with E-state index in [2.05, 4.69) is 24.1 Å². The van der Waals surface area contributed by atoms with Crippen molar-refractivity contribution in [3.63, 3.8) is 0 Å². The Morgan fingerprint density at radius 1 is 1.19 bits per heavy atom. The Bertz CT molecular complexity index is 306. The maximum Gasteiger partial charge on any atom is 0.223 e. The van der Waals surface area contributed by atoms with E-state index in [1.165, 1.54) is 32.2 Å². The molecule has 2 rings (SSSR count). The van der Waals surface area contributed by atoms with Crippen molar-refractivity contribution in [3.05, 3.63) is 0 Å². The molecule has 21 heavy (non-hydrogen) atoms. The summed E-state index contributed by atoms with van der Waals surface area (Å²) in [5, 5.41) is 3.30. The van der Waals surface area contributed by atoms with Crippen molar-refractivity contribution < 1.29 is 4.79 Å². The molecule has 1 atom stereocenters. The van der Waals surface area contributed by atoms with Crippen molar-refractivity contribution in [2.45, 2.75) is 52.0 Å². The lowest BCUT2D eigenvalue weighted by atomic mass is 9.94. The standard InChI is InChI=1S/C16H31N3O.ClH/c1-14(2)13-15-5-3-4-9-18(15)10-6-16(20)19-11-7-17-8-12-19;/h14-15,17H,3-13H2,1-2H3;1H. The minimum atomic E-state index is 0. The molecule has 5 heteroatoms. The van der Waals surface area contributed by atoms with Gasteiger partial charge in [0, 0.05) is 45.2 Å². The van der Waals surface area contributed by atoms with Gasteiger partial charge in [0.2, 0.25) is 5.91 Å². The number of piperazine rings is 1. The summed E-state index contributed by atoms with van der Waals surface area (Å²) in [5.74, 6) is 1.10.